The molecule has 0 saturated heterocycles. The third-order valence-electron chi connectivity index (χ3n) is 3.12. The molecule has 2 rings (SSSR count). The second-order valence-electron chi connectivity index (χ2n) is 4.39. The standard InChI is InChI=1S/C12H12Br2F2/c1-6-2-3-7-10(15)5-9(14)12(16)11(7)8(13)4-6/h5-6,8H,2-4H2,1H3. The highest BCUT2D eigenvalue weighted by atomic mass is 79.9. The first-order valence-corrected chi connectivity index (χ1v) is 7.02. The molecule has 0 aliphatic heterocycles. The van der Waals surface area contributed by atoms with Crippen LogP contribution in [0.3, 0.4) is 0 Å². The zero-order valence-electron chi connectivity index (χ0n) is 8.87. The van der Waals surface area contributed by atoms with Gasteiger partial charge >= 0.3 is 0 Å². The molecule has 1 aromatic rings. The van der Waals surface area contributed by atoms with Gasteiger partial charge in [-0.05, 0) is 52.7 Å². The second-order valence-corrected chi connectivity index (χ2v) is 6.35. The molecule has 0 saturated carbocycles. The monoisotopic (exact) mass is 352 g/mol. The van der Waals surface area contributed by atoms with Crippen LogP contribution >= 0.6 is 31.9 Å². The van der Waals surface area contributed by atoms with Crippen molar-refractivity contribution in [2.75, 3.05) is 0 Å². The van der Waals surface area contributed by atoms with Crippen LogP contribution in [0.4, 0.5) is 8.78 Å². The molecule has 1 aliphatic rings. The number of alkyl halides is 1. The molecule has 0 heterocycles. The maximum absolute atomic E-state index is 14.0. The maximum Gasteiger partial charge on any atom is 0.142 e. The van der Waals surface area contributed by atoms with Gasteiger partial charge in [-0.1, -0.05) is 22.9 Å². The van der Waals surface area contributed by atoms with Gasteiger partial charge in [-0.15, -0.1) is 0 Å². The first-order valence-electron chi connectivity index (χ1n) is 5.31. The molecule has 0 bridgehead atoms. The van der Waals surface area contributed by atoms with E-state index in [0.717, 1.165) is 12.8 Å². The summed E-state index contributed by atoms with van der Waals surface area (Å²) in [7, 11) is 0. The molecule has 16 heavy (non-hydrogen) atoms. The van der Waals surface area contributed by atoms with Gasteiger partial charge in [0.2, 0.25) is 0 Å². The molecule has 0 fully saturated rings. The summed E-state index contributed by atoms with van der Waals surface area (Å²) in [6.07, 6.45) is 2.38. The highest BCUT2D eigenvalue weighted by Gasteiger charge is 2.27. The van der Waals surface area contributed by atoms with Crippen LogP contribution in [0.15, 0.2) is 10.5 Å². The van der Waals surface area contributed by atoms with E-state index in [4.69, 9.17) is 0 Å². The molecule has 0 spiro atoms. The van der Waals surface area contributed by atoms with Crippen molar-refractivity contribution < 1.29 is 8.78 Å². The largest absolute Gasteiger partial charge is 0.207 e. The van der Waals surface area contributed by atoms with Gasteiger partial charge in [0.05, 0.1) is 4.47 Å². The Bertz CT molecular complexity index is 418. The van der Waals surface area contributed by atoms with Crippen molar-refractivity contribution in [1.29, 1.82) is 0 Å². The average Bonchev–Trinajstić information content (AvgIpc) is 2.34. The molecule has 4 heteroatoms. The first kappa shape index (κ1) is 12.5. The lowest BCUT2D eigenvalue weighted by molar-refractivity contribution is 0.502. The number of rotatable bonds is 0. The SMILES string of the molecule is CC1CCc2c(F)cc(Br)c(F)c2C(Br)C1. The van der Waals surface area contributed by atoms with Crippen molar-refractivity contribution in [2.45, 2.75) is 31.0 Å². The van der Waals surface area contributed by atoms with Gasteiger partial charge in [0.25, 0.3) is 0 Å². The summed E-state index contributed by atoms with van der Waals surface area (Å²) in [6.45, 7) is 2.12. The fourth-order valence-corrected chi connectivity index (χ4v) is 3.74. The summed E-state index contributed by atoms with van der Waals surface area (Å²) in [4.78, 5) is -0.0907. The lowest BCUT2D eigenvalue weighted by atomic mass is 10.0. The van der Waals surface area contributed by atoms with Crippen LogP contribution in [0.25, 0.3) is 0 Å². The van der Waals surface area contributed by atoms with Gasteiger partial charge in [-0.2, -0.15) is 0 Å². The normalized spacial score (nSPS) is 25.1. The minimum atomic E-state index is -0.327. The Labute approximate surface area is 111 Å². The van der Waals surface area contributed by atoms with E-state index in [1.807, 2.05) is 0 Å². The van der Waals surface area contributed by atoms with Crippen LogP contribution in [0.5, 0.6) is 0 Å². The van der Waals surface area contributed by atoms with E-state index in [-0.39, 0.29) is 20.9 Å². The number of hydrogen-bond acceptors (Lipinski definition) is 0. The van der Waals surface area contributed by atoms with Crippen molar-refractivity contribution in [3.63, 3.8) is 0 Å². The predicted molar refractivity (Wildman–Crippen MR) is 67.8 cm³/mol. The Balaban J connectivity index is 2.59. The quantitative estimate of drug-likeness (QED) is 0.344. The summed E-state index contributed by atoms with van der Waals surface area (Å²) in [5.41, 5.74) is 1.03. The molecule has 0 amide bonds. The molecule has 0 radical (unpaired) electrons. The predicted octanol–water partition coefficient (Wildman–Crippen LogP) is 5.14. The fraction of sp³-hybridized carbons (Fsp3) is 0.500. The van der Waals surface area contributed by atoms with Crippen molar-refractivity contribution in [3.05, 3.63) is 33.3 Å². The molecule has 0 N–H and O–H groups in total. The van der Waals surface area contributed by atoms with Gasteiger partial charge in [-0.3, -0.25) is 0 Å². The lowest BCUT2D eigenvalue weighted by Crippen LogP contribution is -2.02. The van der Waals surface area contributed by atoms with Gasteiger partial charge in [0, 0.05) is 10.4 Å². The minimum absolute atomic E-state index is 0.0907. The Kier molecular flexibility index (Phi) is 3.69. The van der Waals surface area contributed by atoms with Crippen LogP contribution in [0.2, 0.25) is 0 Å². The number of benzene rings is 1. The topological polar surface area (TPSA) is 0 Å². The fourth-order valence-electron chi connectivity index (χ4n) is 2.21. The smallest absolute Gasteiger partial charge is 0.142 e. The summed E-state index contributed by atoms with van der Waals surface area (Å²) >= 11 is 6.53. The maximum atomic E-state index is 14.0. The van der Waals surface area contributed by atoms with Crippen LogP contribution in [-0.4, -0.2) is 0 Å². The van der Waals surface area contributed by atoms with Crippen LogP contribution in [-0.2, 0) is 6.42 Å². The van der Waals surface area contributed by atoms with E-state index in [2.05, 4.69) is 38.8 Å². The van der Waals surface area contributed by atoms with E-state index in [1.165, 1.54) is 6.07 Å². The Morgan fingerprint density at radius 3 is 2.75 bits per heavy atom. The Morgan fingerprint density at radius 1 is 1.38 bits per heavy atom. The van der Waals surface area contributed by atoms with Gasteiger partial charge < -0.3 is 0 Å². The van der Waals surface area contributed by atoms with Crippen molar-refractivity contribution in [1.82, 2.24) is 0 Å². The van der Waals surface area contributed by atoms with E-state index in [1.54, 1.807) is 0 Å². The lowest BCUT2D eigenvalue weighted by Gasteiger charge is -2.15. The number of fused-ring (bicyclic) bond motifs is 1. The molecular weight excluding hydrogens is 342 g/mol. The van der Waals surface area contributed by atoms with Crippen LogP contribution in [0.1, 0.15) is 35.7 Å². The summed E-state index contributed by atoms with van der Waals surface area (Å²) < 4.78 is 28.0. The number of hydrogen-bond donors (Lipinski definition) is 0. The van der Waals surface area contributed by atoms with E-state index < -0.39 is 0 Å². The third-order valence-corrected chi connectivity index (χ3v) is 4.53. The van der Waals surface area contributed by atoms with E-state index in [9.17, 15) is 8.78 Å². The second kappa shape index (κ2) is 4.73. The average molecular weight is 354 g/mol. The summed E-state index contributed by atoms with van der Waals surface area (Å²) in [5, 5.41) is 0. The Hall–Kier alpha value is 0.0400. The van der Waals surface area contributed by atoms with Crippen molar-refractivity contribution >= 4 is 31.9 Å². The van der Waals surface area contributed by atoms with Crippen molar-refractivity contribution in [3.8, 4) is 0 Å². The van der Waals surface area contributed by atoms with Gasteiger partial charge in [-0.25, -0.2) is 8.78 Å². The first-order chi connectivity index (χ1) is 7.50. The molecule has 88 valence electrons. The van der Waals surface area contributed by atoms with Crippen molar-refractivity contribution in [2.24, 2.45) is 5.92 Å². The zero-order valence-corrected chi connectivity index (χ0v) is 12.0. The Morgan fingerprint density at radius 2 is 2.06 bits per heavy atom. The molecular formula is C12H12Br2F2. The summed E-state index contributed by atoms with van der Waals surface area (Å²) in [5.74, 6) is -0.149. The van der Waals surface area contributed by atoms with E-state index in [0.29, 0.717) is 23.5 Å². The van der Waals surface area contributed by atoms with Gasteiger partial charge in [0.1, 0.15) is 11.6 Å². The van der Waals surface area contributed by atoms with E-state index >= 15 is 0 Å². The molecule has 2 atom stereocenters. The molecule has 0 aromatic heterocycles. The number of halogens is 4. The molecule has 1 aliphatic carbocycles. The van der Waals surface area contributed by atoms with Crippen LogP contribution in [0, 0.1) is 17.6 Å². The summed E-state index contributed by atoms with van der Waals surface area (Å²) in [6, 6.07) is 1.23. The third kappa shape index (κ3) is 2.19. The molecule has 1 aromatic carbocycles. The van der Waals surface area contributed by atoms with Gasteiger partial charge in [0.15, 0.2) is 0 Å². The highest BCUT2D eigenvalue weighted by Crippen LogP contribution is 2.41. The minimum Gasteiger partial charge on any atom is -0.207 e. The zero-order chi connectivity index (χ0) is 11.9. The van der Waals surface area contributed by atoms with Crippen LogP contribution < -0.4 is 0 Å². The highest BCUT2D eigenvalue weighted by molar-refractivity contribution is 9.10. The molecule has 0 nitrogen and oxygen atoms in total. The molecule has 2 unspecified atom stereocenters.